The van der Waals surface area contributed by atoms with Gasteiger partial charge >= 0.3 is 0 Å². The Morgan fingerprint density at radius 1 is 1.58 bits per heavy atom. The molecule has 0 spiro atoms. The Labute approximate surface area is 71.6 Å². The van der Waals surface area contributed by atoms with Crippen molar-refractivity contribution in [2.45, 2.75) is 12.1 Å². The Hall–Kier alpha value is -0.870. The van der Waals surface area contributed by atoms with Gasteiger partial charge in [-0.2, -0.15) is 0 Å². The number of nitrogens with one attached hydrogen (secondary N) is 1. The molecule has 1 aliphatic heterocycles. The first-order valence-corrected chi connectivity index (χ1v) is 4.13. The van der Waals surface area contributed by atoms with Crippen LogP contribution in [0, 0.1) is 0 Å². The summed E-state index contributed by atoms with van der Waals surface area (Å²) in [6.07, 6.45) is 5.89. The molecule has 2 rings (SSSR count). The number of imidazole rings is 1. The number of hydrogen-bond donors (Lipinski definition) is 1. The topological polar surface area (TPSA) is 39.1 Å². The van der Waals surface area contributed by atoms with Gasteiger partial charge in [0.15, 0.2) is 0 Å². The zero-order chi connectivity index (χ0) is 8.39. The lowest BCUT2D eigenvalue weighted by atomic mass is 10.2. The lowest BCUT2D eigenvalue weighted by Gasteiger charge is -2.17. The fourth-order valence-corrected chi connectivity index (χ4v) is 1.64. The highest BCUT2D eigenvalue weighted by Gasteiger charge is 2.27. The van der Waals surface area contributed by atoms with Crippen LogP contribution in [-0.4, -0.2) is 35.9 Å². The SMILES string of the molecule is CO[C@@H]1CNC[C@H]1n1ccnc1. The first kappa shape index (κ1) is 7.76. The van der Waals surface area contributed by atoms with E-state index in [0.29, 0.717) is 6.04 Å². The molecule has 0 amide bonds. The van der Waals surface area contributed by atoms with Gasteiger partial charge in [0.25, 0.3) is 0 Å². The molecule has 0 saturated carbocycles. The summed E-state index contributed by atoms with van der Waals surface area (Å²) >= 11 is 0. The van der Waals surface area contributed by atoms with Crippen molar-refractivity contribution in [2.24, 2.45) is 0 Å². The summed E-state index contributed by atoms with van der Waals surface area (Å²) < 4.78 is 7.43. The molecular weight excluding hydrogens is 154 g/mol. The number of aromatic nitrogens is 2. The third-order valence-corrected chi connectivity index (χ3v) is 2.34. The van der Waals surface area contributed by atoms with Crippen molar-refractivity contribution in [1.82, 2.24) is 14.9 Å². The molecule has 1 N–H and O–H groups in total. The fraction of sp³-hybridized carbons (Fsp3) is 0.625. The van der Waals surface area contributed by atoms with E-state index in [1.165, 1.54) is 0 Å². The summed E-state index contributed by atoms with van der Waals surface area (Å²) in [4.78, 5) is 4.02. The Kier molecular flexibility index (Phi) is 2.10. The monoisotopic (exact) mass is 167 g/mol. The summed E-state index contributed by atoms with van der Waals surface area (Å²) in [5.41, 5.74) is 0. The summed E-state index contributed by atoms with van der Waals surface area (Å²) in [7, 11) is 1.75. The zero-order valence-electron chi connectivity index (χ0n) is 7.10. The van der Waals surface area contributed by atoms with Gasteiger partial charge in [0.2, 0.25) is 0 Å². The van der Waals surface area contributed by atoms with Gasteiger partial charge in [-0.1, -0.05) is 0 Å². The Bertz CT molecular complexity index is 234. The molecule has 4 nitrogen and oxygen atoms in total. The van der Waals surface area contributed by atoms with Gasteiger partial charge in [-0.15, -0.1) is 0 Å². The highest BCUT2D eigenvalue weighted by molar-refractivity contribution is 4.91. The molecule has 0 unspecified atom stereocenters. The summed E-state index contributed by atoms with van der Waals surface area (Å²) in [6.45, 7) is 1.90. The van der Waals surface area contributed by atoms with E-state index in [1.54, 1.807) is 13.3 Å². The predicted molar refractivity (Wildman–Crippen MR) is 44.9 cm³/mol. The molecule has 1 saturated heterocycles. The van der Waals surface area contributed by atoms with Crippen molar-refractivity contribution in [3.05, 3.63) is 18.7 Å². The second-order valence-electron chi connectivity index (χ2n) is 3.01. The minimum absolute atomic E-state index is 0.277. The van der Waals surface area contributed by atoms with E-state index in [9.17, 15) is 0 Å². The van der Waals surface area contributed by atoms with Gasteiger partial charge in [0.1, 0.15) is 0 Å². The van der Waals surface area contributed by atoms with Crippen LogP contribution >= 0.6 is 0 Å². The third kappa shape index (κ3) is 1.23. The smallest absolute Gasteiger partial charge is 0.0949 e. The van der Waals surface area contributed by atoms with Crippen LogP contribution in [0.1, 0.15) is 6.04 Å². The Morgan fingerprint density at radius 2 is 2.50 bits per heavy atom. The number of methoxy groups -OCH3 is 1. The van der Waals surface area contributed by atoms with Crippen molar-refractivity contribution in [3.8, 4) is 0 Å². The lowest BCUT2D eigenvalue weighted by Crippen LogP contribution is -2.23. The molecule has 0 aromatic carbocycles. The van der Waals surface area contributed by atoms with Crippen LogP contribution in [0.3, 0.4) is 0 Å². The Balaban J connectivity index is 2.13. The minimum Gasteiger partial charge on any atom is -0.378 e. The van der Waals surface area contributed by atoms with Crippen molar-refractivity contribution >= 4 is 0 Å². The molecule has 2 atom stereocenters. The van der Waals surface area contributed by atoms with Crippen LogP contribution in [0.2, 0.25) is 0 Å². The molecule has 66 valence electrons. The van der Waals surface area contributed by atoms with Crippen molar-refractivity contribution in [3.63, 3.8) is 0 Å². The number of hydrogen-bond acceptors (Lipinski definition) is 3. The maximum Gasteiger partial charge on any atom is 0.0949 e. The highest BCUT2D eigenvalue weighted by atomic mass is 16.5. The average molecular weight is 167 g/mol. The number of rotatable bonds is 2. The molecule has 1 fully saturated rings. The molecule has 4 heteroatoms. The van der Waals surface area contributed by atoms with Crippen molar-refractivity contribution in [2.75, 3.05) is 20.2 Å². The first-order valence-electron chi connectivity index (χ1n) is 4.13. The quantitative estimate of drug-likeness (QED) is 0.676. The molecule has 1 aromatic rings. The van der Waals surface area contributed by atoms with Crippen molar-refractivity contribution in [1.29, 1.82) is 0 Å². The fourth-order valence-electron chi connectivity index (χ4n) is 1.64. The highest BCUT2D eigenvalue weighted by Crippen LogP contribution is 2.17. The van der Waals surface area contributed by atoms with Crippen LogP contribution in [0.15, 0.2) is 18.7 Å². The van der Waals surface area contributed by atoms with Crippen molar-refractivity contribution < 1.29 is 4.74 Å². The van der Waals surface area contributed by atoms with Gasteiger partial charge in [0, 0.05) is 32.6 Å². The van der Waals surface area contributed by atoms with Gasteiger partial charge < -0.3 is 14.6 Å². The van der Waals surface area contributed by atoms with Gasteiger partial charge in [-0.25, -0.2) is 4.98 Å². The first-order chi connectivity index (χ1) is 5.92. The summed E-state index contributed by atoms with van der Waals surface area (Å²) in [5.74, 6) is 0. The molecule has 0 radical (unpaired) electrons. The van der Waals surface area contributed by atoms with Gasteiger partial charge in [-0.3, -0.25) is 0 Å². The number of ether oxygens (including phenoxy) is 1. The molecule has 0 bridgehead atoms. The van der Waals surface area contributed by atoms with Crippen LogP contribution < -0.4 is 5.32 Å². The molecular formula is C8H13N3O. The lowest BCUT2D eigenvalue weighted by molar-refractivity contribution is 0.0866. The largest absolute Gasteiger partial charge is 0.378 e. The van der Waals surface area contributed by atoms with Gasteiger partial charge in [0.05, 0.1) is 18.5 Å². The maximum absolute atomic E-state index is 5.34. The van der Waals surface area contributed by atoms with Crippen LogP contribution in [0.4, 0.5) is 0 Å². The van der Waals surface area contributed by atoms with Crippen LogP contribution in [-0.2, 0) is 4.74 Å². The van der Waals surface area contributed by atoms with E-state index >= 15 is 0 Å². The van der Waals surface area contributed by atoms with Gasteiger partial charge in [-0.05, 0) is 0 Å². The van der Waals surface area contributed by atoms with Crippen LogP contribution in [0.5, 0.6) is 0 Å². The molecule has 0 aliphatic carbocycles. The van der Waals surface area contributed by atoms with Crippen LogP contribution in [0.25, 0.3) is 0 Å². The second-order valence-corrected chi connectivity index (χ2v) is 3.01. The normalized spacial score (nSPS) is 29.4. The van der Waals surface area contributed by atoms with E-state index in [2.05, 4.69) is 14.9 Å². The zero-order valence-corrected chi connectivity index (χ0v) is 7.10. The molecule has 12 heavy (non-hydrogen) atoms. The van der Waals surface area contributed by atoms with E-state index in [4.69, 9.17) is 4.74 Å². The predicted octanol–water partition coefficient (Wildman–Crippen LogP) is 0.0424. The standard InChI is InChI=1S/C8H13N3O/c1-12-8-5-10-4-7(8)11-3-2-9-6-11/h2-3,6-8,10H,4-5H2,1H3/t7-,8-/m1/s1. The van der Waals surface area contributed by atoms with E-state index in [-0.39, 0.29) is 6.10 Å². The number of nitrogens with zero attached hydrogens (tertiary/aromatic N) is 2. The molecule has 1 aromatic heterocycles. The van der Waals surface area contributed by atoms with E-state index in [0.717, 1.165) is 13.1 Å². The summed E-state index contributed by atoms with van der Waals surface area (Å²) in [6, 6.07) is 0.400. The average Bonchev–Trinajstić information content (AvgIpc) is 2.74. The summed E-state index contributed by atoms with van der Waals surface area (Å²) in [5, 5.41) is 3.29. The van der Waals surface area contributed by atoms with E-state index < -0.39 is 0 Å². The maximum atomic E-state index is 5.34. The molecule has 2 heterocycles. The molecule has 1 aliphatic rings. The second kappa shape index (κ2) is 3.25. The third-order valence-electron chi connectivity index (χ3n) is 2.34. The Morgan fingerprint density at radius 3 is 3.17 bits per heavy atom. The van der Waals surface area contributed by atoms with E-state index in [1.807, 2.05) is 12.5 Å². The minimum atomic E-state index is 0.277.